The molecule has 0 unspecified atom stereocenters. The summed E-state index contributed by atoms with van der Waals surface area (Å²) in [6, 6.07) is 11.9. The van der Waals surface area contributed by atoms with Crippen molar-refractivity contribution in [3.05, 3.63) is 57.3 Å². The highest BCUT2D eigenvalue weighted by molar-refractivity contribution is 5.46. The van der Waals surface area contributed by atoms with Crippen molar-refractivity contribution in [2.45, 2.75) is 0 Å². The predicted molar refractivity (Wildman–Crippen MR) is 72.9 cm³/mol. The van der Waals surface area contributed by atoms with Gasteiger partial charge in [0.1, 0.15) is 0 Å². The lowest BCUT2D eigenvalue weighted by atomic mass is 10.1. The van der Waals surface area contributed by atoms with Gasteiger partial charge >= 0.3 is 0 Å². The standard InChI is InChI=1S/C16H14O3/c1-17-14-8-7-12-10-19-9-11-5-3-4-6-13(11)15(12)16(14)18-2/h3-10H,1-2H3. The first-order chi connectivity index (χ1) is 9.35. The van der Waals surface area contributed by atoms with E-state index in [4.69, 9.17) is 14.2 Å². The second-order valence-electron chi connectivity index (χ2n) is 4.22. The summed E-state index contributed by atoms with van der Waals surface area (Å²) in [4.78, 5) is 0. The smallest absolute Gasteiger partial charge is 0.169 e. The third kappa shape index (κ3) is 1.83. The van der Waals surface area contributed by atoms with Gasteiger partial charge in [0.2, 0.25) is 0 Å². The van der Waals surface area contributed by atoms with E-state index < -0.39 is 0 Å². The molecule has 0 aliphatic carbocycles. The molecule has 0 saturated carbocycles. The molecule has 19 heavy (non-hydrogen) atoms. The molecule has 0 radical (unpaired) electrons. The van der Waals surface area contributed by atoms with E-state index in [-0.39, 0.29) is 0 Å². The van der Waals surface area contributed by atoms with Crippen LogP contribution in [0.4, 0.5) is 0 Å². The third-order valence-corrected chi connectivity index (χ3v) is 3.20. The summed E-state index contributed by atoms with van der Waals surface area (Å²) in [7, 11) is 3.29. The van der Waals surface area contributed by atoms with Gasteiger partial charge in [-0.3, -0.25) is 0 Å². The van der Waals surface area contributed by atoms with E-state index in [9.17, 15) is 0 Å². The van der Waals surface area contributed by atoms with Gasteiger partial charge < -0.3 is 14.2 Å². The van der Waals surface area contributed by atoms with Crippen molar-refractivity contribution in [2.75, 3.05) is 14.2 Å². The van der Waals surface area contributed by atoms with Crippen LogP contribution in [0.3, 0.4) is 0 Å². The number of hydrogen-bond donors (Lipinski definition) is 0. The van der Waals surface area contributed by atoms with Crippen LogP contribution in [-0.2, 0) is 4.74 Å². The number of rotatable bonds is 2. The number of hydrogen-bond acceptors (Lipinski definition) is 3. The van der Waals surface area contributed by atoms with Crippen molar-refractivity contribution in [3.8, 4) is 11.5 Å². The minimum absolute atomic E-state index is 0.714. The van der Waals surface area contributed by atoms with Crippen LogP contribution in [0.15, 0.2) is 36.4 Å². The van der Waals surface area contributed by atoms with Crippen molar-refractivity contribution in [1.29, 1.82) is 0 Å². The molecular weight excluding hydrogens is 240 g/mol. The summed E-state index contributed by atoms with van der Waals surface area (Å²) in [5.74, 6) is 1.44. The van der Waals surface area contributed by atoms with E-state index in [0.29, 0.717) is 5.75 Å². The predicted octanol–water partition coefficient (Wildman–Crippen LogP) is 1.50. The lowest BCUT2D eigenvalue weighted by Gasteiger charge is -2.08. The second-order valence-corrected chi connectivity index (χ2v) is 4.22. The van der Waals surface area contributed by atoms with Gasteiger partial charge in [-0.05, 0) is 17.4 Å². The molecular formula is C16H14O3. The van der Waals surface area contributed by atoms with Crippen molar-refractivity contribution in [1.82, 2.24) is 0 Å². The maximum Gasteiger partial charge on any atom is 0.169 e. The highest BCUT2D eigenvalue weighted by atomic mass is 16.5. The summed E-state index contributed by atoms with van der Waals surface area (Å²) < 4.78 is 16.4. The van der Waals surface area contributed by atoms with E-state index in [0.717, 1.165) is 26.6 Å². The number of methoxy groups -OCH3 is 2. The zero-order valence-corrected chi connectivity index (χ0v) is 10.8. The molecule has 1 heterocycles. The largest absolute Gasteiger partial charge is 0.493 e. The first kappa shape index (κ1) is 11.7. The Morgan fingerprint density at radius 2 is 1.63 bits per heavy atom. The maximum absolute atomic E-state index is 5.53. The lowest BCUT2D eigenvalue weighted by molar-refractivity contribution is 0.352. The van der Waals surface area contributed by atoms with E-state index in [1.54, 1.807) is 26.7 Å². The van der Waals surface area contributed by atoms with E-state index in [1.165, 1.54) is 0 Å². The monoisotopic (exact) mass is 254 g/mol. The van der Waals surface area contributed by atoms with Crippen LogP contribution in [0.1, 0.15) is 0 Å². The van der Waals surface area contributed by atoms with E-state index in [1.807, 2.05) is 30.3 Å². The molecule has 1 aliphatic rings. The molecule has 0 fully saturated rings. The number of fused-ring (bicyclic) bond motifs is 2. The Kier molecular flexibility index (Phi) is 2.88. The summed E-state index contributed by atoms with van der Waals surface area (Å²) in [6.45, 7) is 0. The van der Waals surface area contributed by atoms with Gasteiger partial charge in [0, 0.05) is 15.7 Å². The quantitative estimate of drug-likeness (QED) is 0.813. The number of ether oxygens (including phenoxy) is 3. The Labute approximate surface area is 110 Å². The van der Waals surface area contributed by atoms with Gasteiger partial charge in [0.25, 0.3) is 0 Å². The van der Waals surface area contributed by atoms with Gasteiger partial charge in [-0.1, -0.05) is 24.3 Å². The summed E-state index contributed by atoms with van der Waals surface area (Å²) >= 11 is 0. The van der Waals surface area contributed by atoms with Crippen molar-refractivity contribution in [2.24, 2.45) is 0 Å². The first-order valence-electron chi connectivity index (χ1n) is 6.01. The van der Waals surface area contributed by atoms with Crippen LogP contribution in [0.2, 0.25) is 0 Å². The molecule has 2 aromatic carbocycles. The highest BCUT2D eigenvalue weighted by Gasteiger charge is 2.08. The average molecular weight is 254 g/mol. The van der Waals surface area contributed by atoms with Crippen LogP contribution in [0, 0.1) is 10.4 Å². The van der Waals surface area contributed by atoms with E-state index >= 15 is 0 Å². The van der Waals surface area contributed by atoms with Crippen molar-refractivity contribution < 1.29 is 14.2 Å². The van der Waals surface area contributed by atoms with E-state index in [2.05, 4.69) is 6.07 Å². The molecule has 3 nitrogen and oxygen atoms in total. The van der Waals surface area contributed by atoms with Gasteiger partial charge in [0.05, 0.1) is 26.7 Å². The molecule has 0 bridgehead atoms. The molecule has 3 rings (SSSR count). The molecule has 0 spiro atoms. The SMILES string of the molecule is COc1ccc2c(c1OC)=c1ccccc1=COC=2. The van der Waals surface area contributed by atoms with Gasteiger partial charge in [0.15, 0.2) is 11.5 Å². The summed E-state index contributed by atoms with van der Waals surface area (Å²) in [5, 5.41) is 4.05. The molecule has 0 atom stereocenters. The maximum atomic E-state index is 5.53. The second kappa shape index (κ2) is 4.69. The molecule has 2 aromatic rings. The van der Waals surface area contributed by atoms with Crippen LogP contribution in [0.5, 0.6) is 11.5 Å². The Balaban J connectivity index is 2.67. The fourth-order valence-corrected chi connectivity index (χ4v) is 2.33. The number of benzene rings is 2. The Bertz CT molecular complexity index is 822. The van der Waals surface area contributed by atoms with Gasteiger partial charge in [-0.25, -0.2) is 0 Å². The zero-order chi connectivity index (χ0) is 13.2. The lowest BCUT2D eigenvalue weighted by Crippen LogP contribution is -2.09. The van der Waals surface area contributed by atoms with Crippen LogP contribution in [0.25, 0.3) is 12.5 Å². The van der Waals surface area contributed by atoms with Crippen LogP contribution >= 0.6 is 0 Å². The molecule has 0 N–H and O–H groups in total. The molecule has 96 valence electrons. The minimum Gasteiger partial charge on any atom is -0.493 e. The molecule has 3 heteroatoms. The molecule has 0 amide bonds. The molecule has 0 aromatic heterocycles. The average Bonchev–Trinajstić information content (AvgIpc) is 2.65. The van der Waals surface area contributed by atoms with Gasteiger partial charge in [-0.15, -0.1) is 0 Å². The van der Waals surface area contributed by atoms with Crippen LogP contribution < -0.4 is 19.9 Å². The van der Waals surface area contributed by atoms with Crippen LogP contribution in [-0.4, -0.2) is 14.2 Å². The topological polar surface area (TPSA) is 27.7 Å². The first-order valence-corrected chi connectivity index (χ1v) is 6.01. The summed E-state index contributed by atoms with van der Waals surface area (Å²) in [6.07, 6.45) is 3.46. The third-order valence-electron chi connectivity index (χ3n) is 3.20. The highest BCUT2D eigenvalue weighted by Crippen LogP contribution is 2.25. The Morgan fingerprint density at radius 1 is 0.842 bits per heavy atom. The van der Waals surface area contributed by atoms with Crippen molar-refractivity contribution >= 4 is 12.5 Å². The molecule has 0 saturated heterocycles. The van der Waals surface area contributed by atoms with Gasteiger partial charge in [-0.2, -0.15) is 0 Å². The van der Waals surface area contributed by atoms with Crippen molar-refractivity contribution in [3.63, 3.8) is 0 Å². The fourth-order valence-electron chi connectivity index (χ4n) is 2.33. The Hall–Kier alpha value is -2.42. The Morgan fingerprint density at radius 3 is 2.42 bits per heavy atom. The minimum atomic E-state index is 0.714. The molecule has 1 aliphatic heterocycles. The fraction of sp³-hybridized carbons (Fsp3) is 0.125. The normalized spacial score (nSPS) is 11.9. The zero-order valence-electron chi connectivity index (χ0n) is 10.8. The summed E-state index contributed by atoms with van der Waals surface area (Å²) in [5.41, 5.74) is 0.